The lowest BCUT2D eigenvalue weighted by atomic mass is 10.4. The number of rotatable bonds is 5. The van der Waals surface area contributed by atoms with E-state index in [1.807, 2.05) is 13.2 Å². The van der Waals surface area contributed by atoms with Gasteiger partial charge in [0.25, 0.3) is 0 Å². The summed E-state index contributed by atoms with van der Waals surface area (Å²) in [6.45, 7) is 3.45. The highest BCUT2D eigenvalue weighted by atomic mass is 32.1. The Morgan fingerprint density at radius 2 is 2.25 bits per heavy atom. The predicted octanol–water partition coefficient (Wildman–Crippen LogP) is 0.488. The van der Waals surface area contributed by atoms with Gasteiger partial charge in [-0.2, -0.15) is 5.10 Å². The molecule has 0 radical (unpaired) electrons. The third-order valence-electron chi connectivity index (χ3n) is 2.74. The topological polar surface area (TPSA) is 80.0 Å². The normalized spacial score (nSPS) is 11.7. The second-order valence-corrected chi connectivity index (χ2v) is 5.59. The minimum atomic E-state index is 0.590. The molecule has 0 saturated heterocycles. The molecular weight excluding hydrogens is 274 g/mol. The van der Waals surface area contributed by atoms with Crippen molar-refractivity contribution in [1.82, 2.24) is 30.4 Å². The molecule has 2 aromatic rings. The average Bonchev–Trinajstić information content (AvgIpc) is 3.03. The number of thiazole rings is 1. The first kappa shape index (κ1) is 14.4. The van der Waals surface area contributed by atoms with Crippen LogP contribution in [0.15, 0.2) is 17.5 Å². The van der Waals surface area contributed by atoms with E-state index in [1.54, 1.807) is 23.1 Å². The third-order valence-corrected chi connectivity index (χ3v) is 3.72. The second-order valence-electron chi connectivity index (χ2n) is 4.27. The van der Waals surface area contributed by atoms with Crippen LogP contribution in [0.5, 0.6) is 0 Å². The lowest BCUT2D eigenvalue weighted by Crippen LogP contribution is -2.38. The van der Waals surface area contributed by atoms with Gasteiger partial charge >= 0.3 is 0 Å². The van der Waals surface area contributed by atoms with Crippen LogP contribution in [0.1, 0.15) is 15.7 Å². The Hall–Kier alpha value is -1.96. The van der Waals surface area contributed by atoms with E-state index in [9.17, 15) is 0 Å². The molecule has 108 valence electrons. The van der Waals surface area contributed by atoms with Gasteiger partial charge in [0.2, 0.25) is 0 Å². The minimum Gasteiger partial charge on any atom is -0.356 e. The van der Waals surface area contributed by atoms with Gasteiger partial charge in [-0.3, -0.25) is 9.67 Å². The number of hydrogen-bond acceptors (Lipinski definition) is 5. The van der Waals surface area contributed by atoms with E-state index in [0.717, 1.165) is 29.8 Å². The zero-order valence-corrected chi connectivity index (χ0v) is 12.7. The number of guanidine groups is 1. The third kappa shape index (κ3) is 4.02. The fraction of sp³-hybridized carbons (Fsp3) is 0.500. The van der Waals surface area contributed by atoms with Crippen molar-refractivity contribution in [2.75, 3.05) is 13.6 Å². The molecule has 0 aromatic carbocycles. The molecule has 0 aliphatic carbocycles. The Balaban J connectivity index is 1.74. The van der Waals surface area contributed by atoms with E-state index in [2.05, 4.69) is 37.6 Å². The molecule has 0 bridgehead atoms. The first-order valence-corrected chi connectivity index (χ1v) is 7.19. The molecular formula is C12H19N7S. The van der Waals surface area contributed by atoms with Crippen LogP contribution >= 0.6 is 11.3 Å². The fourth-order valence-electron chi connectivity index (χ4n) is 1.67. The fourth-order valence-corrected chi connectivity index (χ4v) is 2.46. The molecule has 7 nitrogen and oxygen atoms in total. The average molecular weight is 293 g/mol. The summed E-state index contributed by atoms with van der Waals surface area (Å²) in [6.07, 6.45) is 4.34. The van der Waals surface area contributed by atoms with Crippen molar-refractivity contribution in [2.24, 2.45) is 12.0 Å². The minimum absolute atomic E-state index is 0.590. The summed E-state index contributed by atoms with van der Waals surface area (Å²) in [6, 6.07) is 0. The van der Waals surface area contributed by atoms with Crippen molar-refractivity contribution in [3.05, 3.63) is 28.2 Å². The molecule has 0 atom stereocenters. The summed E-state index contributed by atoms with van der Waals surface area (Å²) in [5.41, 5.74) is 0. The van der Waals surface area contributed by atoms with Gasteiger partial charge in [-0.25, -0.2) is 9.97 Å². The van der Waals surface area contributed by atoms with Crippen LogP contribution in [-0.4, -0.2) is 39.3 Å². The largest absolute Gasteiger partial charge is 0.356 e. The summed E-state index contributed by atoms with van der Waals surface area (Å²) >= 11 is 1.73. The lowest BCUT2D eigenvalue weighted by molar-refractivity contribution is 0.672. The smallest absolute Gasteiger partial charge is 0.191 e. The molecule has 2 N–H and O–H groups in total. The van der Waals surface area contributed by atoms with Crippen LogP contribution in [-0.2, 0) is 20.0 Å². The molecule has 0 fully saturated rings. The SMILES string of the molecule is CN=C(NCCc1ncc(C)s1)NCc1ncnn1C. The second kappa shape index (κ2) is 6.99. The van der Waals surface area contributed by atoms with Gasteiger partial charge in [0.05, 0.1) is 11.6 Å². The van der Waals surface area contributed by atoms with Crippen molar-refractivity contribution < 1.29 is 0 Å². The maximum Gasteiger partial charge on any atom is 0.191 e. The first-order valence-electron chi connectivity index (χ1n) is 6.37. The molecule has 2 aromatic heterocycles. The van der Waals surface area contributed by atoms with Gasteiger partial charge < -0.3 is 10.6 Å². The lowest BCUT2D eigenvalue weighted by Gasteiger charge is -2.10. The number of hydrogen-bond donors (Lipinski definition) is 2. The van der Waals surface area contributed by atoms with Gasteiger partial charge in [0.15, 0.2) is 5.96 Å². The molecule has 0 amide bonds. The van der Waals surface area contributed by atoms with Crippen molar-refractivity contribution in [3.8, 4) is 0 Å². The molecule has 0 saturated carbocycles. The van der Waals surface area contributed by atoms with E-state index < -0.39 is 0 Å². The van der Waals surface area contributed by atoms with Crippen LogP contribution in [0, 0.1) is 6.92 Å². The maximum absolute atomic E-state index is 4.33. The van der Waals surface area contributed by atoms with E-state index >= 15 is 0 Å². The summed E-state index contributed by atoms with van der Waals surface area (Å²) < 4.78 is 1.73. The summed E-state index contributed by atoms with van der Waals surface area (Å²) in [7, 11) is 3.62. The Morgan fingerprint density at radius 3 is 2.85 bits per heavy atom. The van der Waals surface area contributed by atoms with Crippen LogP contribution in [0.25, 0.3) is 0 Å². The first-order chi connectivity index (χ1) is 9.69. The molecule has 8 heteroatoms. The standard InChI is InChI=1S/C12H19N7S/c1-9-6-15-11(20-9)4-5-14-12(13-2)16-7-10-17-8-18-19(10)3/h6,8H,4-5,7H2,1-3H3,(H2,13,14,16). The number of nitrogens with zero attached hydrogens (tertiary/aromatic N) is 5. The molecule has 0 aliphatic rings. The van der Waals surface area contributed by atoms with Crippen molar-refractivity contribution >= 4 is 17.3 Å². The van der Waals surface area contributed by atoms with E-state index in [-0.39, 0.29) is 0 Å². The Morgan fingerprint density at radius 1 is 1.40 bits per heavy atom. The Bertz CT molecular complexity index is 572. The van der Waals surface area contributed by atoms with Gasteiger partial charge in [-0.15, -0.1) is 11.3 Å². The Kier molecular flexibility index (Phi) is 5.05. The predicted molar refractivity (Wildman–Crippen MR) is 79.8 cm³/mol. The highest BCUT2D eigenvalue weighted by Gasteiger charge is 2.03. The van der Waals surface area contributed by atoms with Crippen LogP contribution in [0.4, 0.5) is 0 Å². The summed E-state index contributed by atoms with van der Waals surface area (Å²) in [5, 5.41) is 11.6. The maximum atomic E-state index is 4.33. The van der Waals surface area contributed by atoms with Gasteiger partial charge in [0.1, 0.15) is 12.2 Å². The zero-order valence-electron chi connectivity index (χ0n) is 11.9. The summed E-state index contributed by atoms with van der Waals surface area (Å²) in [4.78, 5) is 13.9. The number of aromatic nitrogens is 4. The molecule has 0 unspecified atom stereocenters. The van der Waals surface area contributed by atoms with Gasteiger partial charge in [0, 0.05) is 38.1 Å². The number of nitrogens with one attached hydrogen (secondary N) is 2. The quantitative estimate of drug-likeness (QED) is 0.619. The molecule has 0 aliphatic heterocycles. The van der Waals surface area contributed by atoms with Crippen molar-refractivity contribution in [3.63, 3.8) is 0 Å². The Labute approximate surface area is 122 Å². The van der Waals surface area contributed by atoms with Crippen LogP contribution in [0.3, 0.4) is 0 Å². The highest BCUT2D eigenvalue weighted by Crippen LogP contribution is 2.10. The van der Waals surface area contributed by atoms with Crippen LogP contribution in [0.2, 0.25) is 0 Å². The molecule has 2 rings (SSSR count). The van der Waals surface area contributed by atoms with E-state index in [1.165, 1.54) is 11.2 Å². The zero-order chi connectivity index (χ0) is 14.4. The summed E-state index contributed by atoms with van der Waals surface area (Å²) in [5.74, 6) is 1.62. The van der Waals surface area contributed by atoms with Crippen molar-refractivity contribution in [1.29, 1.82) is 0 Å². The van der Waals surface area contributed by atoms with Crippen molar-refractivity contribution in [2.45, 2.75) is 19.9 Å². The highest BCUT2D eigenvalue weighted by molar-refractivity contribution is 7.11. The molecule has 0 spiro atoms. The number of aryl methyl sites for hydroxylation is 2. The molecule has 2 heterocycles. The van der Waals surface area contributed by atoms with Crippen LogP contribution < -0.4 is 10.6 Å². The van der Waals surface area contributed by atoms with E-state index in [0.29, 0.717) is 6.54 Å². The monoisotopic (exact) mass is 293 g/mol. The molecule has 20 heavy (non-hydrogen) atoms. The van der Waals surface area contributed by atoms with E-state index in [4.69, 9.17) is 0 Å². The van der Waals surface area contributed by atoms with Gasteiger partial charge in [-0.05, 0) is 6.92 Å². The van der Waals surface area contributed by atoms with Gasteiger partial charge in [-0.1, -0.05) is 0 Å². The number of aliphatic imine (C=N–C) groups is 1.